The molecular formula is C45H49Cl3N4O7S. The van der Waals surface area contributed by atoms with Crippen LogP contribution in [0.25, 0.3) is 33.9 Å². The Morgan fingerprint density at radius 3 is 2.00 bits per heavy atom. The number of hydrogen-bond acceptors (Lipinski definition) is 8. The minimum absolute atomic E-state index is 0.0546. The second-order valence-electron chi connectivity index (χ2n) is 14.7. The smallest absolute Gasteiger partial charge is 0.427 e. The molecular weight excluding hydrogens is 847 g/mol. The first-order valence-electron chi connectivity index (χ1n) is 20.5. The number of unbranched alkanes of at least 4 members (excludes halogenated alkanes) is 13. The van der Waals surface area contributed by atoms with E-state index >= 15 is 0 Å². The molecule has 11 nitrogen and oxygen atoms in total. The number of fused-ring (bicyclic) bond motifs is 1. The van der Waals surface area contributed by atoms with Crippen LogP contribution in [0.15, 0.2) is 104 Å². The van der Waals surface area contributed by atoms with Crippen LogP contribution in [0.1, 0.15) is 96.8 Å². The highest BCUT2D eigenvalue weighted by molar-refractivity contribution is 7.92. The van der Waals surface area contributed by atoms with E-state index in [0.717, 1.165) is 23.8 Å². The van der Waals surface area contributed by atoms with Crippen LogP contribution in [0.5, 0.6) is 11.6 Å². The van der Waals surface area contributed by atoms with Gasteiger partial charge in [-0.2, -0.15) is 0 Å². The second kappa shape index (κ2) is 21.2. The third-order valence-electron chi connectivity index (χ3n) is 10.3. The van der Waals surface area contributed by atoms with Crippen molar-refractivity contribution in [1.29, 1.82) is 0 Å². The molecule has 0 amide bonds. The number of benzene rings is 4. The highest BCUT2D eigenvalue weighted by atomic mass is 35.5. The molecule has 0 aliphatic carbocycles. The Bertz CT molecular complexity index is 2630. The Balaban J connectivity index is 1.28. The van der Waals surface area contributed by atoms with E-state index in [1.54, 1.807) is 48.5 Å². The fourth-order valence-corrected chi connectivity index (χ4v) is 8.97. The zero-order chi connectivity index (χ0) is 42.6. The number of nitrogens with zero attached hydrogens (tertiary/aromatic N) is 3. The van der Waals surface area contributed by atoms with Crippen LogP contribution >= 0.6 is 34.8 Å². The lowest BCUT2D eigenvalue weighted by molar-refractivity contribution is 0.302. The molecule has 6 aromatic rings. The number of halogens is 3. The fraction of sp³-hybridized carbons (Fsp3) is 0.356. The third-order valence-corrected chi connectivity index (χ3v) is 12.4. The van der Waals surface area contributed by atoms with E-state index in [2.05, 4.69) is 16.6 Å². The average molecular weight is 896 g/mol. The first-order valence-corrected chi connectivity index (χ1v) is 23.1. The van der Waals surface area contributed by atoms with Gasteiger partial charge in [-0.1, -0.05) is 156 Å². The van der Waals surface area contributed by atoms with Crippen molar-refractivity contribution in [2.75, 3.05) is 11.3 Å². The number of aromatic hydroxyl groups is 1. The molecule has 4 aromatic carbocycles. The molecule has 2 heterocycles. The molecule has 0 aliphatic heterocycles. The Hall–Kier alpha value is -4.75. The highest BCUT2D eigenvalue weighted by Crippen LogP contribution is 2.37. The van der Waals surface area contributed by atoms with Crippen LogP contribution in [-0.4, -0.2) is 34.2 Å². The van der Waals surface area contributed by atoms with E-state index in [9.17, 15) is 23.1 Å². The maximum Gasteiger partial charge on any atom is 0.427 e. The van der Waals surface area contributed by atoms with E-state index < -0.39 is 33.0 Å². The van der Waals surface area contributed by atoms with E-state index in [-0.39, 0.29) is 60.4 Å². The minimum atomic E-state index is -4.29. The molecule has 0 spiro atoms. The summed E-state index contributed by atoms with van der Waals surface area (Å²) in [6.07, 6.45) is 16.7. The van der Waals surface area contributed by atoms with Gasteiger partial charge in [0, 0.05) is 5.02 Å². The first kappa shape index (κ1) is 44.8. The van der Waals surface area contributed by atoms with Crippen LogP contribution in [0.3, 0.4) is 0 Å². The summed E-state index contributed by atoms with van der Waals surface area (Å²) in [5.74, 6) is -2.49. The van der Waals surface area contributed by atoms with Crippen molar-refractivity contribution < 1.29 is 22.7 Å². The molecule has 0 aliphatic rings. The molecule has 0 fully saturated rings. The average Bonchev–Trinajstić information content (AvgIpc) is 3.53. The normalized spacial score (nSPS) is 11.7. The summed E-state index contributed by atoms with van der Waals surface area (Å²) in [6, 6.07) is 21.6. The summed E-state index contributed by atoms with van der Waals surface area (Å²) in [5, 5.41) is 12.4. The van der Waals surface area contributed by atoms with Crippen LogP contribution < -0.4 is 20.8 Å². The Morgan fingerprint density at radius 2 is 1.35 bits per heavy atom. The highest BCUT2D eigenvalue weighted by Gasteiger charge is 2.29. The molecule has 0 bridgehead atoms. The van der Waals surface area contributed by atoms with Gasteiger partial charge in [-0.3, -0.25) is 14.1 Å². The van der Waals surface area contributed by atoms with Crippen molar-refractivity contribution in [3.05, 3.63) is 121 Å². The predicted molar refractivity (Wildman–Crippen MR) is 240 cm³/mol. The van der Waals surface area contributed by atoms with Crippen LogP contribution in [0.4, 0.5) is 5.69 Å². The van der Waals surface area contributed by atoms with Crippen LogP contribution in [0, 0.1) is 0 Å². The number of aromatic nitrogens is 3. The predicted octanol–water partition coefficient (Wildman–Crippen LogP) is 12.1. The molecule has 2 N–H and O–H groups in total. The van der Waals surface area contributed by atoms with E-state index in [1.807, 2.05) is 0 Å². The van der Waals surface area contributed by atoms with Crippen molar-refractivity contribution in [3.63, 3.8) is 0 Å². The van der Waals surface area contributed by atoms with Crippen molar-refractivity contribution in [1.82, 2.24) is 14.1 Å². The molecule has 6 rings (SSSR count). The molecule has 15 heteroatoms. The number of ether oxygens (including phenoxy) is 1. The molecule has 2 aromatic heterocycles. The monoisotopic (exact) mass is 894 g/mol. The lowest BCUT2D eigenvalue weighted by Gasteiger charge is -2.15. The van der Waals surface area contributed by atoms with Gasteiger partial charge in [-0.15, -0.1) is 0 Å². The zero-order valence-electron chi connectivity index (χ0n) is 33.5. The number of oxazole rings is 1. The zero-order valence-corrected chi connectivity index (χ0v) is 36.6. The maximum absolute atomic E-state index is 14.1. The Kier molecular flexibility index (Phi) is 15.8. The van der Waals surface area contributed by atoms with Gasteiger partial charge in [-0.25, -0.2) is 22.8 Å². The topological polar surface area (TPSA) is 146 Å². The largest absolute Gasteiger partial charge is 0.491 e. The summed E-state index contributed by atoms with van der Waals surface area (Å²) < 4.78 is 43.7. The minimum Gasteiger partial charge on any atom is -0.491 e. The quantitative estimate of drug-likeness (QED) is 0.0641. The number of para-hydroxylation sites is 2. The van der Waals surface area contributed by atoms with Gasteiger partial charge in [0.2, 0.25) is 11.6 Å². The molecule has 0 radical (unpaired) electrons. The Morgan fingerprint density at radius 1 is 0.733 bits per heavy atom. The molecule has 0 unspecified atom stereocenters. The second-order valence-corrected chi connectivity index (χ2v) is 17.6. The van der Waals surface area contributed by atoms with Gasteiger partial charge in [0.05, 0.1) is 49.5 Å². The lowest BCUT2D eigenvalue weighted by Crippen LogP contribution is -2.22. The molecule has 318 valence electrons. The van der Waals surface area contributed by atoms with Crippen molar-refractivity contribution in [3.8, 4) is 34.6 Å². The van der Waals surface area contributed by atoms with Crippen LogP contribution in [0.2, 0.25) is 15.1 Å². The molecule has 0 saturated carbocycles. The van der Waals surface area contributed by atoms with Gasteiger partial charge in [-0.05, 0) is 61.0 Å². The van der Waals surface area contributed by atoms with Gasteiger partial charge in [0.1, 0.15) is 5.75 Å². The molecule has 0 saturated heterocycles. The Labute approximate surface area is 365 Å². The van der Waals surface area contributed by atoms with Gasteiger partial charge in [0.25, 0.3) is 15.6 Å². The number of rotatable bonds is 22. The van der Waals surface area contributed by atoms with E-state index in [1.165, 1.54) is 105 Å². The maximum atomic E-state index is 14.1. The van der Waals surface area contributed by atoms with Crippen molar-refractivity contribution >= 4 is 61.4 Å². The van der Waals surface area contributed by atoms with Gasteiger partial charge in [0.15, 0.2) is 5.82 Å². The summed E-state index contributed by atoms with van der Waals surface area (Å²) in [7, 11) is -4.29. The summed E-state index contributed by atoms with van der Waals surface area (Å²) in [6.45, 7) is 2.50. The van der Waals surface area contributed by atoms with Gasteiger partial charge < -0.3 is 14.3 Å². The van der Waals surface area contributed by atoms with E-state index in [0.29, 0.717) is 12.1 Å². The molecule has 60 heavy (non-hydrogen) atoms. The number of sulfonamides is 1. The van der Waals surface area contributed by atoms with Crippen molar-refractivity contribution in [2.24, 2.45) is 0 Å². The summed E-state index contributed by atoms with van der Waals surface area (Å²) in [5.41, 5.74) is -0.186. The number of anilines is 1. The SMILES string of the molecule is CCCCCCCCCCCCCCCCOc1ccc(S(=O)(=O)Nc2ccccc2Cl)cc1-n1c(O)c(-c2nc3c(Cl)cc(Cl)cc3c(=O)n2-c2ccccc2)oc1=O. The summed E-state index contributed by atoms with van der Waals surface area (Å²) >= 11 is 19.0. The first-order chi connectivity index (χ1) is 29.0. The standard InChI is InChI=1S/C45H49Cl3N4O7S/c1-2-3-4-5-6-7-8-9-10-11-12-13-14-20-27-58-39-26-25-33(60(56,57)50-37-24-19-18-23-35(37)47)30-38(39)52-44(54)41(59-45(52)55)42-49-40-34(28-31(46)29-36(40)48)43(53)51(42)32-21-16-15-17-22-32/h15-19,21-26,28-30,50,54H,2-14,20,27H2,1H3. The van der Waals surface area contributed by atoms with Gasteiger partial charge >= 0.3 is 5.76 Å². The van der Waals surface area contributed by atoms with E-state index in [4.69, 9.17) is 44.0 Å². The third kappa shape index (κ3) is 10.9. The number of hydrogen-bond donors (Lipinski definition) is 2. The summed E-state index contributed by atoms with van der Waals surface area (Å²) in [4.78, 5) is 32.3. The lowest BCUT2D eigenvalue weighted by atomic mass is 10.0. The van der Waals surface area contributed by atoms with Crippen LogP contribution in [-0.2, 0) is 10.0 Å². The van der Waals surface area contributed by atoms with Crippen molar-refractivity contribution in [2.45, 2.75) is 102 Å². The number of nitrogens with one attached hydrogen (secondary N) is 1. The molecule has 0 atom stereocenters. The fourth-order valence-electron chi connectivity index (χ4n) is 7.10.